The average Bonchev–Trinajstić information content (AvgIpc) is 3.47. The molecule has 0 radical (unpaired) electrons. The van der Waals surface area contributed by atoms with E-state index in [9.17, 15) is 19.2 Å². The van der Waals surface area contributed by atoms with Crippen LogP contribution < -0.4 is 29.3 Å². The number of hydrogen-bond acceptors (Lipinski definition) is 9. The highest BCUT2D eigenvalue weighted by molar-refractivity contribution is 8.00. The Morgan fingerprint density at radius 1 is 0.864 bits per heavy atom. The number of thiazole rings is 1. The Morgan fingerprint density at radius 3 is 2.23 bits per heavy atom. The van der Waals surface area contributed by atoms with Gasteiger partial charge in [0.25, 0.3) is 0 Å². The number of benzene rings is 3. The summed E-state index contributed by atoms with van der Waals surface area (Å²) in [7, 11) is 4.61. The molecule has 1 aromatic heterocycles. The Balaban J connectivity index is 1.41. The minimum absolute atomic E-state index is 0.260. The van der Waals surface area contributed by atoms with Crippen molar-refractivity contribution in [2.45, 2.75) is 29.7 Å². The number of nitrogens with zero attached hydrogens (tertiary/aromatic N) is 2. The van der Waals surface area contributed by atoms with Gasteiger partial charge >= 0.3 is 4.87 Å². The lowest BCUT2D eigenvalue weighted by atomic mass is 9.83. The Kier molecular flexibility index (Phi) is 7.95. The fourth-order valence-corrected chi connectivity index (χ4v) is 8.40. The van der Waals surface area contributed by atoms with Gasteiger partial charge in [-0.05, 0) is 61.0 Å². The molecule has 44 heavy (non-hydrogen) atoms. The number of carbonyl (C=O) groups is 3. The van der Waals surface area contributed by atoms with Crippen LogP contribution in [0.3, 0.4) is 0 Å². The van der Waals surface area contributed by atoms with E-state index in [1.807, 2.05) is 25.1 Å². The van der Waals surface area contributed by atoms with Crippen molar-refractivity contribution in [3.8, 4) is 17.2 Å². The van der Waals surface area contributed by atoms with Gasteiger partial charge in [0.1, 0.15) is 17.5 Å². The van der Waals surface area contributed by atoms with E-state index in [2.05, 4.69) is 5.32 Å². The standard InChI is InChI=1S/C32H29N3O7S2/c1-17-5-10-20(11-6-17)35-29(37)26-25(18-7-14-22(41-3)23(15-18)42-4)28-31(43-27(26)30(35)38)34(32(39)44-28)16-24(36)33-19-8-12-21(40-2)13-9-19/h5-15,25-27H,16H2,1-4H3,(H,33,36)/t25-,26?,27?/m0/s1. The number of methoxy groups -OCH3 is 3. The zero-order chi connectivity index (χ0) is 31.1. The van der Waals surface area contributed by atoms with Crippen LogP contribution >= 0.6 is 23.1 Å². The lowest BCUT2D eigenvalue weighted by Gasteiger charge is -2.31. The number of anilines is 2. The molecule has 2 unspecified atom stereocenters. The van der Waals surface area contributed by atoms with Crippen molar-refractivity contribution in [1.29, 1.82) is 0 Å². The maximum atomic E-state index is 14.1. The predicted molar refractivity (Wildman–Crippen MR) is 168 cm³/mol. The summed E-state index contributed by atoms with van der Waals surface area (Å²) in [5.41, 5.74) is 2.74. The van der Waals surface area contributed by atoms with Crippen LogP contribution in [-0.2, 0) is 20.9 Å². The maximum absolute atomic E-state index is 14.1. The third kappa shape index (κ3) is 5.13. The van der Waals surface area contributed by atoms with E-state index in [1.54, 1.807) is 55.6 Å². The summed E-state index contributed by atoms with van der Waals surface area (Å²) < 4.78 is 17.5. The molecule has 0 spiro atoms. The minimum atomic E-state index is -0.806. The molecule has 2 aliphatic heterocycles. The number of ether oxygens (including phenoxy) is 3. The lowest BCUT2D eigenvalue weighted by Crippen LogP contribution is -2.33. The SMILES string of the molecule is COc1ccc(NC(=O)Cn2c3c(sc2=O)[C@@H](c2ccc(OC)c(OC)c2)C2C(=O)N(c4ccc(C)cc4)C(=O)C2S3)cc1. The van der Waals surface area contributed by atoms with Gasteiger partial charge in [-0.3, -0.25) is 23.7 Å². The molecule has 3 aromatic carbocycles. The first-order valence-electron chi connectivity index (χ1n) is 13.7. The number of nitrogens with one attached hydrogen (secondary N) is 1. The number of aromatic nitrogens is 1. The molecule has 1 fully saturated rings. The van der Waals surface area contributed by atoms with Gasteiger partial charge in [0.05, 0.1) is 38.0 Å². The number of aryl methyl sites for hydroxylation is 1. The molecule has 3 heterocycles. The molecule has 0 saturated carbocycles. The predicted octanol–water partition coefficient (Wildman–Crippen LogP) is 4.68. The molecule has 0 aliphatic carbocycles. The van der Waals surface area contributed by atoms with Crippen LogP contribution in [0.25, 0.3) is 0 Å². The molecule has 12 heteroatoms. The van der Waals surface area contributed by atoms with E-state index in [-0.39, 0.29) is 23.2 Å². The Morgan fingerprint density at radius 2 is 1.57 bits per heavy atom. The van der Waals surface area contributed by atoms with E-state index >= 15 is 0 Å². The second-order valence-corrected chi connectivity index (χ2v) is 12.5. The van der Waals surface area contributed by atoms with E-state index in [0.29, 0.717) is 44.1 Å². The highest BCUT2D eigenvalue weighted by Crippen LogP contribution is 2.54. The fourth-order valence-electron chi connectivity index (χ4n) is 5.63. The van der Waals surface area contributed by atoms with Gasteiger partial charge in [0.15, 0.2) is 11.5 Å². The molecule has 1 saturated heterocycles. The van der Waals surface area contributed by atoms with Crippen LogP contribution in [0, 0.1) is 12.8 Å². The van der Waals surface area contributed by atoms with E-state index in [4.69, 9.17) is 14.2 Å². The second-order valence-electron chi connectivity index (χ2n) is 10.4. The molecule has 2 aliphatic rings. The molecule has 0 bridgehead atoms. The third-order valence-corrected chi connectivity index (χ3v) is 10.4. The van der Waals surface area contributed by atoms with Crippen LogP contribution in [-0.4, -0.2) is 48.9 Å². The van der Waals surface area contributed by atoms with Gasteiger partial charge in [-0.25, -0.2) is 4.90 Å². The quantitative estimate of drug-likeness (QED) is 0.279. The number of imide groups is 1. The van der Waals surface area contributed by atoms with Gasteiger partial charge < -0.3 is 19.5 Å². The summed E-state index contributed by atoms with van der Waals surface area (Å²) in [6.45, 7) is 1.67. The van der Waals surface area contributed by atoms with Crippen LogP contribution in [0.4, 0.5) is 11.4 Å². The van der Waals surface area contributed by atoms with Gasteiger partial charge in [-0.15, -0.1) is 0 Å². The van der Waals surface area contributed by atoms with Crippen molar-refractivity contribution in [2.75, 3.05) is 31.5 Å². The van der Waals surface area contributed by atoms with Crippen molar-refractivity contribution < 1.29 is 28.6 Å². The topological polar surface area (TPSA) is 116 Å². The normalized spacial score (nSPS) is 18.9. The Labute approximate surface area is 261 Å². The largest absolute Gasteiger partial charge is 0.497 e. The Bertz CT molecular complexity index is 1810. The number of rotatable bonds is 8. The third-order valence-electron chi connectivity index (χ3n) is 7.78. The zero-order valence-electron chi connectivity index (χ0n) is 24.4. The highest BCUT2D eigenvalue weighted by atomic mass is 32.2. The van der Waals surface area contributed by atoms with Crippen LogP contribution in [0.1, 0.15) is 21.9 Å². The number of carbonyl (C=O) groups excluding carboxylic acids is 3. The molecule has 6 rings (SSSR count). The van der Waals surface area contributed by atoms with Gasteiger partial charge in [0.2, 0.25) is 17.7 Å². The van der Waals surface area contributed by atoms with E-state index < -0.39 is 23.0 Å². The average molecular weight is 632 g/mol. The summed E-state index contributed by atoms with van der Waals surface area (Å²) in [5.74, 6) is -0.907. The maximum Gasteiger partial charge on any atom is 0.308 e. The van der Waals surface area contributed by atoms with Crippen LogP contribution in [0.15, 0.2) is 76.6 Å². The molecular weight excluding hydrogens is 603 g/mol. The molecule has 226 valence electrons. The molecular formula is C32H29N3O7S2. The molecule has 4 aromatic rings. The van der Waals surface area contributed by atoms with Gasteiger partial charge in [-0.2, -0.15) is 0 Å². The molecule has 3 atom stereocenters. The number of thioether (sulfide) groups is 1. The number of amides is 3. The summed E-state index contributed by atoms with van der Waals surface area (Å²) >= 11 is 2.15. The Hall–Kier alpha value is -4.55. The van der Waals surface area contributed by atoms with Crippen molar-refractivity contribution in [1.82, 2.24) is 4.57 Å². The van der Waals surface area contributed by atoms with Gasteiger partial charge in [0, 0.05) is 16.5 Å². The van der Waals surface area contributed by atoms with Crippen LogP contribution in [0.5, 0.6) is 17.2 Å². The second kappa shape index (κ2) is 11.9. The molecule has 10 nitrogen and oxygen atoms in total. The lowest BCUT2D eigenvalue weighted by molar-refractivity contribution is -0.122. The van der Waals surface area contributed by atoms with E-state index in [0.717, 1.165) is 16.9 Å². The van der Waals surface area contributed by atoms with Crippen molar-refractivity contribution in [3.63, 3.8) is 0 Å². The smallest absolute Gasteiger partial charge is 0.308 e. The first kappa shape index (κ1) is 29.5. The monoisotopic (exact) mass is 631 g/mol. The fraction of sp³-hybridized carbons (Fsp3) is 0.250. The summed E-state index contributed by atoms with van der Waals surface area (Å²) in [4.78, 5) is 56.1. The first-order valence-corrected chi connectivity index (χ1v) is 15.4. The van der Waals surface area contributed by atoms with Crippen molar-refractivity contribution in [3.05, 3.63) is 92.4 Å². The summed E-state index contributed by atoms with van der Waals surface area (Å²) in [6.07, 6.45) is 0. The molecule has 1 N–H and O–H groups in total. The summed E-state index contributed by atoms with van der Waals surface area (Å²) in [6, 6.07) is 19.4. The molecule has 3 amide bonds. The minimum Gasteiger partial charge on any atom is -0.497 e. The van der Waals surface area contributed by atoms with Crippen LogP contribution in [0.2, 0.25) is 0 Å². The zero-order valence-corrected chi connectivity index (χ0v) is 26.0. The van der Waals surface area contributed by atoms with E-state index in [1.165, 1.54) is 35.4 Å². The number of hydrogen-bond donors (Lipinski definition) is 1. The first-order chi connectivity index (χ1) is 21.2. The number of fused-ring (bicyclic) bond motifs is 2. The van der Waals surface area contributed by atoms with Crippen molar-refractivity contribution >= 4 is 52.2 Å². The van der Waals surface area contributed by atoms with Crippen molar-refractivity contribution in [2.24, 2.45) is 5.92 Å². The highest BCUT2D eigenvalue weighted by Gasteiger charge is 2.57. The van der Waals surface area contributed by atoms with Gasteiger partial charge in [-0.1, -0.05) is 46.9 Å². The summed E-state index contributed by atoms with van der Waals surface area (Å²) in [5, 5.41) is 2.50.